The fourth-order valence-electron chi connectivity index (χ4n) is 2.24. The lowest BCUT2D eigenvalue weighted by atomic mass is 10.0. The number of anilines is 1. The molecule has 0 aliphatic carbocycles. The number of nitrogens with one attached hydrogen (secondary N) is 1. The van der Waals surface area contributed by atoms with Crippen LogP contribution in [0.1, 0.15) is 16.7 Å². The molecule has 2 nitrogen and oxygen atoms in total. The molecule has 3 aromatic carbocycles. The molecular formula is C20H18N2. The second-order valence-electron chi connectivity index (χ2n) is 5.17. The van der Waals surface area contributed by atoms with E-state index in [1.165, 1.54) is 5.56 Å². The molecule has 108 valence electrons. The van der Waals surface area contributed by atoms with Crippen LogP contribution in [-0.4, -0.2) is 5.71 Å². The van der Waals surface area contributed by atoms with Crippen molar-refractivity contribution in [3.63, 3.8) is 0 Å². The highest BCUT2D eigenvalue weighted by molar-refractivity contribution is 6.13. The molecule has 0 bridgehead atoms. The lowest BCUT2D eigenvalue weighted by Gasteiger charge is -2.09. The largest absolute Gasteiger partial charge is 0.278 e. The van der Waals surface area contributed by atoms with Gasteiger partial charge in [-0.05, 0) is 19.1 Å². The van der Waals surface area contributed by atoms with Crippen LogP contribution in [0.2, 0.25) is 0 Å². The van der Waals surface area contributed by atoms with Crippen LogP contribution in [0, 0.1) is 6.92 Å². The predicted octanol–water partition coefficient (Wildman–Crippen LogP) is 4.86. The van der Waals surface area contributed by atoms with Crippen LogP contribution in [0.5, 0.6) is 0 Å². The molecule has 0 amide bonds. The molecule has 0 saturated heterocycles. The molecule has 0 spiro atoms. The molecular weight excluding hydrogens is 268 g/mol. The molecule has 3 aromatic rings. The van der Waals surface area contributed by atoms with Gasteiger partial charge in [-0.2, -0.15) is 5.10 Å². The van der Waals surface area contributed by atoms with Crippen molar-refractivity contribution in [3.8, 4) is 0 Å². The maximum absolute atomic E-state index is 4.63. The van der Waals surface area contributed by atoms with Gasteiger partial charge in [-0.15, -0.1) is 0 Å². The van der Waals surface area contributed by atoms with E-state index < -0.39 is 0 Å². The highest BCUT2D eigenvalue weighted by Gasteiger charge is 2.06. The molecule has 2 heteroatoms. The van der Waals surface area contributed by atoms with Crippen LogP contribution in [-0.2, 0) is 0 Å². The van der Waals surface area contributed by atoms with Gasteiger partial charge in [0.05, 0.1) is 11.4 Å². The molecule has 1 N–H and O–H groups in total. The molecule has 0 fully saturated rings. The van der Waals surface area contributed by atoms with E-state index in [9.17, 15) is 0 Å². The molecule has 22 heavy (non-hydrogen) atoms. The van der Waals surface area contributed by atoms with Crippen molar-refractivity contribution in [1.82, 2.24) is 0 Å². The maximum atomic E-state index is 4.63. The van der Waals surface area contributed by atoms with Gasteiger partial charge in [0, 0.05) is 11.1 Å². The van der Waals surface area contributed by atoms with Crippen molar-refractivity contribution in [2.24, 2.45) is 5.10 Å². The van der Waals surface area contributed by atoms with Crippen LogP contribution in [0.25, 0.3) is 0 Å². The highest BCUT2D eigenvalue weighted by atomic mass is 15.3. The Morgan fingerprint density at radius 3 is 1.86 bits per heavy atom. The molecule has 0 aliphatic rings. The van der Waals surface area contributed by atoms with Gasteiger partial charge >= 0.3 is 0 Å². The monoisotopic (exact) mass is 286 g/mol. The van der Waals surface area contributed by atoms with Crippen molar-refractivity contribution in [2.75, 3.05) is 5.43 Å². The summed E-state index contributed by atoms with van der Waals surface area (Å²) in [5, 5.41) is 4.63. The normalized spacial score (nSPS) is 11.2. The third-order valence-corrected chi connectivity index (χ3v) is 3.44. The lowest BCUT2D eigenvalue weighted by molar-refractivity contribution is 1.32. The summed E-state index contributed by atoms with van der Waals surface area (Å²) in [5.74, 6) is 0. The van der Waals surface area contributed by atoms with Gasteiger partial charge in [-0.25, -0.2) is 0 Å². The molecule has 0 atom stereocenters. The summed E-state index contributed by atoms with van der Waals surface area (Å²) in [5.41, 5.74) is 8.49. The SMILES string of the molecule is Cc1ccc(C(=NNc2ccccc2)c2ccccc2)cc1. The fourth-order valence-corrected chi connectivity index (χ4v) is 2.24. The zero-order valence-electron chi connectivity index (χ0n) is 12.5. The average Bonchev–Trinajstić information content (AvgIpc) is 2.58. The number of benzene rings is 3. The Hall–Kier alpha value is -2.87. The van der Waals surface area contributed by atoms with Gasteiger partial charge in [-0.3, -0.25) is 5.43 Å². The van der Waals surface area contributed by atoms with Crippen LogP contribution in [0.3, 0.4) is 0 Å². The second-order valence-corrected chi connectivity index (χ2v) is 5.17. The third kappa shape index (κ3) is 3.41. The number of para-hydroxylation sites is 1. The standard InChI is InChI=1S/C20H18N2/c1-16-12-14-18(15-13-16)20(17-8-4-2-5-9-17)22-21-19-10-6-3-7-11-19/h2-15,21H,1H3. The van der Waals surface area contributed by atoms with E-state index in [-0.39, 0.29) is 0 Å². The van der Waals surface area contributed by atoms with Crippen molar-refractivity contribution in [3.05, 3.63) is 102 Å². The Bertz CT molecular complexity index is 745. The van der Waals surface area contributed by atoms with Crippen LogP contribution < -0.4 is 5.43 Å². The number of nitrogens with zero attached hydrogens (tertiary/aromatic N) is 1. The van der Waals surface area contributed by atoms with Crippen LogP contribution in [0.15, 0.2) is 90.0 Å². The number of hydrogen-bond donors (Lipinski definition) is 1. The van der Waals surface area contributed by atoms with E-state index in [2.05, 4.69) is 53.8 Å². The van der Waals surface area contributed by atoms with Gasteiger partial charge in [-0.1, -0.05) is 78.4 Å². The Morgan fingerprint density at radius 1 is 0.682 bits per heavy atom. The van der Waals surface area contributed by atoms with Crippen LogP contribution in [0.4, 0.5) is 5.69 Å². The first-order valence-electron chi connectivity index (χ1n) is 7.34. The van der Waals surface area contributed by atoms with Crippen molar-refractivity contribution >= 4 is 11.4 Å². The summed E-state index contributed by atoms with van der Waals surface area (Å²) < 4.78 is 0. The molecule has 0 radical (unpaired) electrons. The van der Waals surface area contributed by atoms with E-state index in [1.54, 1.807) is 0 Å². The van der Waals surface area contributed by atoms with Gasteiger partial charge in [0.25, 0.3) is 0 Å². The molecule has 3 rings (SSSR count). The first-order chi connectivity index (χ1) is 10.8. The van der Waals surface area contributed by atoms with Crippen molar-refractivity contribution in [2.45, 2.75) is 6.92 Å². The first-order valence-corrected chi connectivity index (χ1v) is 7.34. The average molecular weight is 286 g/mol. The quantitative estimate of drug-likeness (QED) is 0.537. The minimum absolute atomic E-state index is 0.935. The zero-order valence-corrected chi connectivity index (χ0v) is 12.5. The predicted molar refractivity (Wildman–Crippen MR) is 93.3 cm³/mol. The minimum atomic E-state index is 0.935. The summed E-state index contributed by atoms with van der Waals surface area (Å²) in [6, 6.07) is 28.6. The Morgan fingerprint density at radius 2 is 1.23 bits per heavy atom. The maximum Gasteiger partial charge on any atom is 0.0977 e. The van der Waals surface area contributed by atoms with Gasteiger partial charge in [0.15, 0.2) is 0 Å². The van der Waals surface area contributed by atoms with E-state index >= 15 is 0 Å². The third-order valence-electron chi connectivity index (χ3n) is 3.44. The van der Waals surface area contributed by atoms with Gasteiger partial charge < -0.3 is 0 Å². The Balaban J connectivity index is 1.98. The molecule has 0 saturated carbocycles. The number of aryl methyl sites for hydroxylation is 1. The van der Waals surface area contributed by atoms with Gasteiger partial charge in [0.1, 0.15) is 0 Å². The smallest absolute Gasteiger partial charge is 0.0977 e. The lowest BCUT2D eigenvalue weighted by Crippen LogP contribution is -2.06. The van der Waals surface area contributed by atoms with E-state index in [4.69, 9.17) is 0 Å². The van der Waals surface area contributed by atoms with E-state index in [0.717, 1.165) is 22.5 Å². The minimum Gasteiger partial charge on any atom is -0.278 e. The summed E-state index contributed by atoms with van der Waals surface area (Å²) >= 11 is 0. The topological polar surface area (TPSA) is 24.4 Å². The molecule has 0 unspecified atom stereocenters. The van der Waals surface area contributed by atoms with Gasteiger partial charge in [0.2, 0.25) is 0 Å². The second kappa shape index (κ2) is 6.72. The highest BCUT2D eigenvalue weighted by Crippen LogP contribution is 2.13. The summed E-state index contributed by atoms with van der Waals surface area (Å²) in [6.07, 6.45) is 0. The molecule has 0 aliphatic heterocycles. The Kier molecular flexibility index (Phi) is 4.30. The van der Waals surface area contributed by atoms with Crippen LogP contribution >= 0.6 is 0 Å². The van der Waals surface area contributed by atoms with E-state index in [0.29, 0.717) is 0 Å². The number of hydrazone groups is 1. The first kappa shape index (κ1) is 14.1. The molecule has 0 aromatic heterocycles. The number of hydrogen-bond acceptors (Lipinski definition) is 2. The van der Waals surface area contributed by atoms with Crippen molar-refractivity contribution < 1.29 is 0 Å². The van der Waals surface area contributed by atoms with Crippen molar-refractivity contribution in [1.29, 1.82) is 0 Å². The Labute approximate surface area is 131 Å². The molecule has 0 heterocycles. The number of rotatable bonds is 4. The zero-order chi connectivity index (χ0) is 15.2. The summed E-state index contributed by atoms with van der Waals surface area (Å²) in [7, 11) is 0. The fraction of sp³-hybridized carbons (Fsp3) is 0.0500. The van der Waals surface area contributed by atoms with E-state index in [1.807, 2.05) is 48.5 Å². The summed E-state index contributed by atoms with van der Waals surface area (Å²) in [6.45, 7) is 2.09. The summed E-state index contributed by atoms with van der Waals surface area (Å²) in [4.78, 5) is 0.